The average molecular weight is 488 g/mol. The molecule has 2 aliphatic rings. The Balaban J connectivity index is 1.46. The molecule has 2 N–H and O–H groups in total. The van der Waals surface area contributed by atoms with Gasteiger partial charge in [-0.1, -0.05) is 6.07 Å². The van der Waals surface area contributed by atoms with Gasteiger partial charge < -0.3 is 5.32 Å². The average Bonchev–Trinajstić information content (AvgIpc) is 3.27. The maximum Gasteiger partial charge on any atom is 0.401 e. The lowest BCUT2D eigenvalue weighted by molar-refractivity contribution is -0.158. The Bertz CT molecular complexity index is 1180. The number of rotatable bonds is 7. The van der Waals surface area contributed by atoms with E-state index < -0.39 is 18.2 Å². The second kappa shape index (κ2) is 9.09. The molecule has 1 fully saturated rings. The number of anilines is 1. The van der Waals surface area contributed by atoms with Gasteiger partial charge in [0.05, 0.1) is 54.0 Å². The third kappa shape index (κ3) is 4.51. The summed E-state index contributed by atoms with van der Waals surface area (Å²) in [5.74, 6) is 0. The van der Waals surface area contributed by atoms with E-state index in [0.717, 1.165) is 47.4 Å². The molecule has 0 spiro atoms. The second-order valence-corrected chi connectivity index (χ2v) is 9.87. The van der Waals surface area contributed by atoms with Crippen LogP contribution in [-0.2, 0) is 11.9 Å². The van der Waals surface area contributed by atoms with Crippen LogP contribution in [0.2, 0.25) is 0 Å². The van der Waals surface area contributed by atoms with Crippen LogP contribution >= 0.6 is 0 Å². The van der Waals surface area contributed by atoms with Gasteiger partial charge >= 0.3 is 6.18 Å². The zero-order chi connectivity index (χ0) is 24.8. The Labute approximate surface area is 202 Å². The lowest BCUT2D eigenvalue weighted by atomic mass is 9.63. The number of likely N-dealkylation sites (tertiary alicyclic amines) is 1. The number of pyridine rings is 1. The van der Waals surface area contributed by atoms with Gasteiger partial charge in [0, 0.05) is 31.1 Å². The lowest BCUT2D eigenvalue weighted by Crippen LogP contribution is -2.59. The number of fused-ring (bicyclic) bond motifs is 3. The molecule has 35 heavy (non-hydrogen) atoms. The predicted molar refractivity (Wildman–Crippen MR) is 130 cm³/mol. The molecular formula is C24H29BF4N6. The van der Waals surface area contributed by atoms with E-state index in [2.05, 4.69) is 25.4 Å². The van der Waals surface area contributed by atoms with Crippen molar-refractivity contribution in [2.45, 2.75) is 43.5 Å². The van der Waals surface area contributed by atoms with Gasteiger partial charge in [-0.2, -0.15) is 18.3 Å². The number of halogens is 4. The number of hydrogen-bond acceptors (Lipinski definition) is 5. The minimum absolute atomic E-state index is 0.254. The topological polar surface area (TPSA) is 60.1 Å². The van der Waals surface area contributed by atoms with Crippen molar-refractivity contribution in [1.82, 2.24) is 25.0 Å². The SMILES string of the molecule is B[C@@]1(c2ccc(NC3CN(CCCF)C3)cn2)c2ccc3[nH]ncc3c2C[C@@H](C)N1CC(F)(F)F. The molecular weight excluding hydrogens is 459 g/mol. The van der Waals surface area contributed by atoms with Crippen molar-refractivity contribution in [3.05, 3.63) is 53.5 Å². The molecule has 3 aromatic rings. The van der Waals surface area contributed by atoms with Gasteiger partial charge in [-0.05, 0) is 49.1 Å². The van der Waals surface area contributed by atoms with E-state index in [9.17, 15) is 17.6 Å². The van der Waals surface area contributed by atoms with E-state index in [1.54, 1.807) is 12.4 Å². The van der Waals surface area contributed by atoms with Crippen molar-refractivity contribution in [1.29, 1.82) is 0 Å². The zero-order valence-corrected chi connectivity index (χ0v) is 19.9. The van der Waals surface area contributed by atoms with Crippen LogP contribution < -0.4 is 5.32 Å². The molecule has 4 heterocycles. The van der Waals surface area contributed by atoms with Crippen LogP contribution in [0, 0.1) is 0 Å². The Hall–Kier alpha value is -2.66. The fourth-order valence-corrected chi connectivity index (χ4v) is 5.68. The lowest BCUT2D eigenvalue weighted by Gasteiger charge is -2.50. The molecule has 2 aliphatic heterocycles. The highest BCUT2D eigenvalue weighted by molar-refractivity contribution is 6.18. The summed E-state index contributed by atoms with van der Waals surface area (Å²) in [4.78, 5) is 8.38. The van der Waals surface area contributed by atoms with Crippen LogP contribution in [0.4, 0.5) is 23.2 Å². The largest absolute Gasteiger partial charge is 0.401 e. The van der Waals surface area contributed by atoms with Gasteiger partial charge in [0.2, 0.25) is 0 Å². The van der Waals surface area contributed by atoms with Crippen LogP contribution in [0.3, 0.4) is 0 Å². The summed E-state index contributed by atoms with van der Waals surface area (Å²) in [5.41, 5.74) is 3.04. The molecule has 6 nitrogen and oxygen atoms in total. The van der Waals surface area contributed by atoms with Crippen molar-refractivity contribution < 1.29 is 17.6 Å². The van der Waals surface area contributed by atoms with Crippen molar-refractivity contribution in [3.8, 4) is 0 Å². The van der Waals surface area contributed by atoms with Gasteiger partial charge in [-0.25, -0.2) is 0 Å². The summed E-state index contributed by atoms with van der Waals surface area (Å²) in [6, 6.07) is 7.40. The van der Waals surface area contributed by atoms with Crippen molar-refractivity contribution in [3.63, 3.8) is 0 Å². The molecule has 5 rings (SSSR count). The maximum atomic E-state index is 13.7. The van der Waals surface area contributed by atoms with Crippen molar-refractivity contribution >= 4 is 24.4 Å². The number of hydrogen-bond donors (Lipinski definition) is 2. The summed E-state index contributed by atoms with van der Waals surface area (Å²) in [6.07, 6.45) is 0.147. The number of H-pyrrole nitrogens is 1. The Morgan fingerprint density at radius 2 is 2.00 bits per heavy atom. The molecule has 2 aromatic heterocycles. The highest BCUT2D eigenvalue weighted by Gasteiger charge is 2.48. The monoisotopic (exact) mass is 488 g/mol. The van der Waals surface area contributed by atoms with E-state index in [-0.39, 0.29) is 18.8 Å². The smallest absolute Gasteiger partial charge is 0.378 e. The summed E-state index contributed by atoms with van der Waals surface area (Å²) in [5, 5.41) is 11.5. The first kappa shape index (κ1) is 24.1. The Morgan fingerprint density at radius 1 is 1.20 bits per heavy atom. The molecule has 0 bridgehead atoms. The molecule has 0 amide bonds. The minimum atomic E-state index is -4.34. The number of benzene rings is 1. The fraction of sp³-hybridized carbons (Fsp3) is 0.500. The molecule has 0 unspecified atom stereocenters. The molecule has 1 aromatic carbocycles. The van der Waals surface area contributed by atoms with Crippen LogP contribution in [0.5, 0.6) is 0 Å². The third-order valence-electron chi connectivity index (χ3n) is 7.41. The third-order valence-corrected chi connectivity index (χ3v) is 7.41. The standard InChI is InChI=1S/C24H29BF4N6/c1-15-9-18-19-11-31-33-21(19)5-4-20(18)24(25,35(15)14-23(27,28)29)22-6-3-16(10-30-22)32-17-12-34(13-17)8-2-7-26/h3-6,10-11,15,17,32H,2,7-9,12-14,25H2,1H3,(H,31,33)/t15-,24+/m1/s1. The Morgan fingerprint density at radius 3 is 2.69 bits per heavy atom. The molecule has 1 saturated heterocycles. The van der Waals surface area contributed by atoms with E-state index in [1.165, 1.54) is 4.90 Å². The maximum absolute atomic E-state index is 13.7. The first-order chi connectivity index (χ1) is 16.7. The normalized spacial score (nSPS) is 23.9. The number of nitrogens with one attached hydrogen (secondary N) is 2. The first-order valence-electron chi connectivity index (χ1n) is 12.0. The van der Waals surface area contributed by atoms with E-state index >= 15 is 0 Å². The highest BCUT2D eigenvalue weighted by atomic mass is 19.4. The molecule has 0 saturated carbocycles. The number of alkyl halides is 4. The van der Waals surface area contributed by atoms with Crippen LogP contribution in [0.25, 0.3) is 10.9 Å². The number of nitrogens with zero attached hydrogens (tertiary/aromatic N) is 4. The van der Waals surface area contributed by atoms with Gasteiger partial charge in [0.1, 0.15) is 7.85 Å². The van der Waals surface area contributed by atoms with E-state index in [4.69, 9.17) is 0 Å². The summed E-state index contributed by atoms with van der Waals surface area (Å²) < 4.78 is 53.5. The molecule has 2 atom stereocenters. The van der Waals surface area contributed by atoms with E-state index in [0.29, 0.717) is 18.5 Å². The first-order valence-corrected chi connectivity index (χ1v) is 12.0. The van der Waals surface area contributed by atoms with Crippen LogP contribution in [-0.4, -0.2) is 83.9 Å². The molecule has 11 heteroatoms. The fourth-order valence-electron chi connectivity index (χ4n) is 5.68. The molecule has 186 valence electrons. The Kier molecular flexibility index (Phi) is 6.25. The van der Waals surface area contributed by atoms with Crippen LogP contribution in [0.15, 0.2) is 36.7 Å². The second-order valence-electron chi connectivity index (χ2n) is 9.87. The zero-order valence-electron chi connectivity index (χ0n) is 19.9. The van der Waals surface area contributed by atoms with Gasteiger partial charge in [0.25, 0.3) is 0 Å². The van der Waals surface area contributed by atoms with Gasteiger partial charge in [0.15, 0.2) is 0 Å². The summed E-state index contributed by atoms with van der Waals surface area (Å²) >= 11 is 0. The molecule has 0 aliphatic carbocycles. The summed E-state index contributed by atoms with van der Waals surface area (Å²) in [7, 11) is 1.84. The predicted octanol–water partition coefficient (Wildman–Crippen LogP) is 3.06. The van der Waals surface area contributed by atoms with Crippen molar-refractivity contribution in [2.24, 2.45) is 0 Å². The van der Waals surface area contributed by atoms with E-state index in [1.807, 2.05) is 39.0 Å². The molecule has 0 radical (unpaired) electrons. The number of aromatic amines is 1. The quantitative estimate of drug-likeness (QED) is 0.396. The van der Waals surface area contributed by atoms with Gasteiger partial charge in [-0.3, -0.25) is 24.3 Å². The summed E-state index contributed by atoms with van der Waals surface area (Å²) in [6.45, 7) is 2.94. The highest BCUT2D eigenvalue weighted by Crippen LogP contribution is 2.44. The van der Waals surface area contributed by atoms with Crippen LogP contribution in [0.1, 0.15) is 30.2 Å². The minimum Gasteiger partial charge on any atom is -0.378 e. The van der Waals surface area contributed by atoms with Crippen molar-refractivity contribution in [2.75, 3.05) is 38.2 Å². The van der Waals surface area contributed by atoms with Gasteiger partial charge in [-0.15, -0.1) is 0 Å². The number of aromatic nitrogens is 3.